The number of benzene rings is 1. The lowest BCUT2D eigenvalue weighted by atomic mass is 10.2. The van der Waals surface area contributed by atoms with Gasteiger partial charge in [-0.05, 0) is 25.0 Å². The molecule has 0 aliphatic carbocycles. The molecule has 0 fully saturated rings. The van der Waals surface area contributed by atoms with E-state index in [1.165, 1.54) is 0 Å². The number of hydrogen-bond donors (Lipinski definition) is 0. The Labute approximate surface area is 118 Å². The van der Waals surface area contributed by atoms with E-state index in [1.54, 1.807) is 16.4 Å². The summed E-state index contributed by atoms with van der Waals surface area (Å²) in [6.07, 6.45) is 1.88. The van der Waals surface area contributed by atoms with Crippen molar-refractivity contribution in [2.75, 3.05) is 18.4 Å². The van der Waals surface area contributed by atoms with Gasteiger partial charge in [0.25, 0.3) is 0 Å². The summed E-state index contributed by atoms with van der Waals surface area (Å²) >= 11 is 3.32. The van der Waals surface area contributed by atoms with Gasteiger partial charge in [-0.1, -0.05) is 47.5 Å². The average Bonchev–Trinajstić information content (AvgIpc) is 2.34. The summed E-state index contributed by atoms with van der Waals surface area (Å²) in [4.78, 5) is 0.419. The smallest absolute Gasteiger partial charge is 0.207 e. The number of aryl methyl sites for hydroxylation is 1. The summed E-state index contributed by atoms with van der Waals surface area (Å²) in [5.41, 5.74) is 0.800. The van der Waals surface area contributed by atoms with Gasteiger partial charge in [-0.25, -0.2) is 8.42 Å². The molecule has 5 heteroatoms. The van der Waals surface area contributed by atoms with E-state index < -0.39 is 10.0 Å². The van der Waals surface area contributed by atoms with Crippen LogP contribution in [0, 0.1) is 6.92 Å². The number of unbranched alkanes of at least 4 members (excludes halogenated alkanes) is 1. The molecule has 0 spiro atoms. The molecule has 1 aromatic rings. The Morgan fingerprint density at radius 1 is 1.22 bits per heavy atom. The zero-order chi connectivity index (χ0) is 13.6. The third-order valence-electron chi connectivity index (χ3n) is 2.81. The lowest BCUT2D eigenvalue weighted by Crippen LogP contribution is -2.34. The summed E-state index contributed by atoms with van der Waals surface area (Å²) < 4.78 is 26.7. The highest BCUT2D eigenvalue weighted by Crippen LogP contribution is 2.20. The van der Waals surface area contributed by atoms with Crippen LogP contribution < -0.4 is 0 Å². The van der Waals surface area contributed by atoms with E-state index >= 15 is 0 Å². The SMILES string of the molecule is CCCCN(CCBr)S(=O)(=O)c1ccccc1C. The molecule has 0 aromatic heterocycles. The van der Waals surface area contributed by atoms with E-state index in [9.17, 15) is 8.42 Å². The molecule has 0 aliphatic rings. The van der Waals surface area contributed by atoms with Gasteiger partial charge in [-0.2, -0.15) is 4.31 Å². The van der Waals surface area contributed by atoms with Crippen LogP contribution >= 0.6 is 15.9 Å². The van der Waals surface area contributed by atoms with Crippen molar-refractivity contribution in [2.24, 2.45) is 0 Å². The van der Waals surface area contributed by atoms with Gasteiger partial charge in [-0.3, -0.25) is 0 Å². The molecule has 0 bridgehead atoms. The first kappa shape index (κ1) is 15.7. The summed E-state index contributed by atoms with van der Waals surface area (Å²) in [5.74, 6) is 0. The van der Waals surface area contributed by atoms with Crippen LogP contribution in [0.3, 0.4) is 0 Å². The minimum absolute atomic E-state index is 0.419. The van der Waals surface area contributed by atoms with Crippen molar-refractivity contribution in [3.63, 3.8) is 0 Å². The van der Waals surface area contributed by atoms with Gasteiger partial charge in [-0.15, -0.1) is 0 Å². The van der Waals surface area contributed by atoms with E-state index in [2.05, 4.69) is 22.9 Å². The highest BCUT2D eigenvalue weighted by molar-refractivity contribution is 9.09. The van der Waals surface area contributed by atoms with Gasteiger partial charge in [0, 0.05) is 18.4 Å². The number of rotatable bonds is 7. The number of sulfonamides is 1. The minimum atomic E-state index is -3.36. The Hall–Kier alpha value is -0.390. The average molecular weight is 334 g/mol. The van der Waals surface area contributed by atoms with Crippen molar-refractivity contribution in [2.45, 2.75) is 31.6 Å². The maximum absolute atomic E-state index is 12.6. The zero-order valence-corrected chi connectivity index (χ0v) is 13.3. The summed E-state index contributed by atoms with van der Waals surface area (Å²) in [6, 6.07) is 7.14. The van der Waals surface area contributed by atoms with Crippen LogP contribution in [0.15, 0.2) is 29.2 Å². The van der Waals surface area contributed by atoms with Crippen LogP contribution in [-0.2, 0) is 10.0 Å². The number of hydrogen-bond acceptors (Lipinski definition) is 2. The van der Waals surface area contributed by atoms with E-state index in [0.717, 1.165) is 18.4 Å². The molecule has 0 radical (unpaired) electrons. The molecule has 18 heavy (non-hydrogen) atoms. The van der Waals surface area contributed by atoms with E-state index in [-0.39, 0.29) is 0 Å². The van der Waals surface area contributed by atoms with Crippen molar-refractivity contribution >= 4 is 26.0 Å². The summed E-state index contributed by atoms with van der Waals surface area (Å²) in [7, 11) is -3.36. The summed E-state index contributed by atoms with van der Waals surface area (Å²) in [5, 5.41) is 0.655. The molecule has 0 unspecified atom stereocenters. The molecular formula is C13H20BrNO2S. The maximum Gasteiger partial charge on any atom is 0.243 e. The minimum Gasteiger partial charge on any atom is -0.207 e. The second-order valence-corrected chi connectivity index (χ2v) is 6.91. The first-order chi connectivity index (χ1) is 8.54. The largest absolute Gasteiger partial charge is 0.243 e. The van der Waals surface area contributed by atoms with Crippen molar-refractivity contribution in [1.82, 2.24) is 4.31 Å². The Balaban J connectivity index is 3.05. The predicted octanol–water partition coefficient (Wildman–Crippen LogP) is 3.18. The fourth-order valence-corrected chi connectivity index (χ4v) is 4.13. The third-order valence-corrected chi connectivity index (χ3v) is 5.22. The second kappa shape index (κ2) is 7.26. The lowest BCUT2D eigenvalue weighted by Gasteiger charge is -2.22. The molecule has 0 saturated carbocycles. The monoisotopic (exact) mass is 333 g/mol. The Bertz CT molecular complexity index is 474. The van der Waals surface area contributed by atoms with Gasteiger partial charge in [0.2, 0.25) is 10.0 Å². The third kappa shape index (κ3) is 3.80. The van der Waals surface area contributed by atoms with E-state index in [4.69, 9.17) is 0 Å². The molecular weight excluding hydrogens is 314 g/mol. The first-order valence-corrected chi connectivity index (χ1v) is 8.72. The molecule has 0 heterocycles. The molecule has 0 N–H and O–H groups in total. The molecule has 0 aliphatic heterocycles. The molecule has 0 atom stereocenters. The summed E-state index contributed by atoms with van der Waals surface area (Å²) in [6.45, 7) is 4.99. The predicted molar refractivity (Wildman–Crippen MR) is 78.6 cm³/mol. The molecule has 1 rings (SSSR count). The van der Waals surface area contributed by atoms with Gasteiger partial charge >= 0.3 is 0 Å². The standard InChI is InChI=1S/C13H20BrNO2S/c1-3-4-10-15(11-9-14)18(16,17)13-8-6-5-7-12(13)2/h5-8H,3-4,9-11H2,1-2H3. The zero-order valence-electron chi connectivity index (χ0n) is 10.9. The van der Waals surface area contributed by atoms with Crippen molar-refractivity contribution in [3.8, 4) is 0 Å². The molecule has 3 nitrogen and oxygen atoms in total. The fourth-order valence-electron chi connectivity index (χ4n) is 1.77. The van der Waals surface area contributed by atoms with Crippen LogP contribution in [-0.4, -0.2) is 31.1 Å². The van der Waals surface area contributed by atoms with Crippen molar-refractivity contribution < 1.29 is 8.42 Å². The highest BCUT2D eigenvalue weighted by atomic mass is 79.9. The van der Waals surface area contributed by atoms with E-state index in [0.29, 0.717) is 23.3 Å². The molecule has 102 valence electrons. The van der Waals surface area contributed by atoms with Gasteiger partial charge in [0.1, 0.15) is 0 Å². The van der Waals surface area contributed by atoms with Crippen LogP contribution in [0.1, 0.15) is 25.3 Å². The van der Waals surface area contributed by atoms with Crippen LogP contribution in [0.4, 0.5) is 0 Å². The molecule has 0 saturated heterocycles. The first-order valence-electron chi connectivity index (χ1n) is 6.15. The fraction of sp³-hybridized carbons (Fsp3) is 0.538. The second-order valence-electron chi connectivity index (χ2n) is 4.21. The Kier molecular flexibility index (Phi) is 6.32. The number of nitrogens with zero attached hydrogens (tertiary/aromatic N) is 1. The Morgan fingerprint density at radius 3 is 2.44 bits per heavy atom. The van der Waals surface area contributed by atoms with Crippen molar-refractivity contribution in [1.29, 1.82) is 0 Å². The van der Waals surface area contributed by atoms with Gasteiger partial charge < -0.3 is 0 Å². The van der Waals surface area contributed by atoms with Crippen LogP contribution in [0.2, 0.25) is 0 Å². The highest BCUT2D eigenvalue weighted by Gasteiger charge is 2.24. The maximum atomic E-state index is 12.6. The Morgan fingerprint density at radius 2 is 1.89 bits per heavy atom. The lowest BCUT2D eigenvalue weighted by molar-refractivity contribution is 0.421. The molecule has 0 amide bonds. The van der Waals surface area contributed by atoms with E-state index in [1.807, 2.05) is 19.1 Å². The molecule has 1 aromatic carbocycles. The quantitative estimate of drug-likeness (QED) is 0.718. The van der Waals surface area contributed by atoms with Gasteiger partial charge in [0.15, 0.2) is 0 Å². The number of alkyl halides is 1. The van der Waals surface area contributed by atoms with Gasteiger partial charge in [0.05, 0.1) is 4.90 Å². The van der Waals surface area contributed by atoms with Crippen LogP contribution in [0.5, 0.6) is 0 Å². The number of halogens is 1. The normalized spacial score (nSPS) is 12.0. The van der Waals surface area contributed by atoms with Crippen LogP contribution in [0.25, 0.3) is 0 Å². The topological polar surface area (TPSA) is 37.4 Å². The van der Waals surface area contributed by atoms with Crippen molar-refractivity contribution in [3.05, 3.63) is 29.8 Å².